The number of carbonyl (C=O) groups is 1. The number of rotatable bonds is 18. The number of ketones is 1. The van der Waals surface area contributed by atoms with Gasteiger partial charge in [0.2, 0.25) is 0 Å². The summed E-state index contributed by atoms with van der Waals surface area (Å²) in [4.78, 5) is 11.0. The Morgan fingerprint density at radius 3 is 1.48 bits per heavy atom. The first-order valence-electron chi connectivity index (χ1n) is 8.57. The first-order valence-corrected chi connectivity index (χ1v) is 8.57. The molecule has 0 rings (SSSR count). The van der Waals surface area contributed by atoms with Gasteiger partial charge in [-0.15, -0.1) is 0 Å². The van der Waals surface area contributed by atoms with Crippen molar-refractivity contribution in [2.75, 3.05) is 66.1 Å². The predicted molar refractivity (Wildman–Crippen MR) is 88.8 cm³/mol. The minimum atomic E-state index is 0.110. The Hall–Kier alpha value is -0.530. The van der Waals surface area contributed by atoms with Crippen molar-refractivity contribution in [1.29, 1.82) is 0 Å². The molecule has 6 nitrogen and oxygen atoms in total. The molecular formula is C17H34O6. The third-order valence-electron chi connectivity index (χ3n) is 2.98. The van der Waals surface area contributed by atoms with E-state index in [4.69, 9.17) is 23.7 Å². The molecule has 0 atom stereocenters. The lowest BCUT2D eigenvalue weighted by Crippen LogP contribution is -2.14. The van der Waals surface area contributed by atoms with Gasteiger partial charge in [0.25, 0.3) is 0 Å². The van der Waals surface area contributed by atoms with Crippen LogP contribution in [0.3, 0.4) is 0 Å². The summed E-state index contributed by atoms with van der Waals surface area (Å²) in [5.41, 5.74) is 0. The molecule has 23 heavy (non-hydrogen) atoms. The quantitative estimate of drug-likeness (QED) is 0.358. The maximum Gasteiger partial charge on any atom is 0.158 e. The van der Waals surface area contributed by atoms with Crippen LogP contribution in [-0.4, -0.2) is 71.9 Å². The number of Topliss-reactive ketones (excluding diaryl/α,β-unsaturated/α-hetero) is 1. The molecule has 0 aliphatic rings. The highest BCUT2D eigenvalue weighted by atomic mass is 16.6. The summed E-state index contributed by atoms with van der Waals surface area (Å²) in [5.74, 6) is 0.788. The molecule has 0 fully saturated rings. The highest BCUT2D eigenvalue weighted by molar-refractivity contribution is 5.79. The molecule has 138 valence electrons. The normalized spacial score (nSPS) is 11.3. The van der Waals surface area contributed by atoms with Crippen LogP contribution in [0, 0.1) is 5.92 Å². The van der Waals surface area contributed by atoms with Crippen molar-refractivity contribution in [1.82, 2.24) is 0 Å². The molecular weight excluding hydrogens is 300 g/mol. The lowest BCUT2D eigenvalue weighted by Gasteiger charge is -2.08. The molecule has 0 spiro atoms. The molecule has 0 aliphatic carbocycles. The van der Waals surface area contributed by atoms with Gasteiger partial charge in [0.15, 0.2) is 5.78 Å². The fourth-order valence-corrected chi connectivity index (χ4v) is 1.49. The van der Waals surface area contributed by atoms with E-state index >= 15 is 0 Å². The maximum atomic E-state index is 11.0. The number of ether oxygens (including phenoxy) is 5. The van der Waals surface area contributed by atoms with Crippen molar-refractivity contribution in [3.8, 4) is 0 Å². The summed E-state index contributed by atoms with van der Waals surface area (Å²) in [7, 11) is 0. The van der Waals surface area contributed by atoms with Crippen LogP contribution in [0.1, 0.15) is 33.6 Å². The zero-order valence-electron chi connectivity index (χ0n) is 15.0. The molecule has 0 amide bonds. The number of hydrogen-bond acceptors (Lipinski definition) is 6. The van der Waals surface area contributed by atoms with E-state index < -0.39 is 0 Å². The number of hydrogen-bond donors (Lipinski definition) is 0. The van der Waals surface area contributed by atoms with E-state index in [2.05, 4.69) is 13.8 Å². The van der Waals surface area contributed by atoms with Crippen molar-refractivity contribution in [3.05, 3.63) is 0 Å². The van der Waals surface area contributed by atoms with E-state index in [0.717, 1.165) is 13.0 Å². The average Bonchev–Trinajstić information content (AvgIpc) is 2.53. The van der Waals surface area contributed by atoms with Crippen molar-refractivity contribution in [2.45, 2.75) is 33.6 Å². The summed E-state index contributed by atoms with van der Waals surface area (Å²) >= 11 is 0. The van der Waals surface area contributed by atoms with E-state index in [1.807, 2.05) is 6.92 Å². The van der Waals surface area contributed by atoms with Gasteiger partial charge < -0.3 is 23.7 Å². The SMILES string of the molecule is CCC(=O)COCCOCCOCCOCCOCCC(C)C. The van der Waals surface area contributed by atoms with Crippen molar-refractivity contribution in [3.63, 3.8) is 0 Å². The van der Waals surface area contributed by atoms with Crippen LogP contribution in [0.15, 0.2) is 0 Å². The summed E-state index contributed by atoms with van der Waals surface area (Å²) < 4.78 is 26.7. The second-order valence-electron chi connectivity index (χ2n) is 5.58. The van der Waals surface area contributed by atoms with Crippen molar-refractivity contribution < 1.29 is 28.5 Å². The van der Waals surface area contributed by atoms with Gasteiger partial charge in [-0.2, -0.15) is 0 Å². The molecule has 0 bridgehead atoms. The highest BCUT2D eigenvalue weighted by Gasteiger charge is 1.97. The lowest BCUT2D eigenvalue weighted by atomic mass is 10.1. The standard InChI is InChI=1S/C17H34O6/c1-4-17(18)15-23-14-13-22-12-11-21-10-9-20-8-7-19-6-5-16(2)3/h16H,4-15H2,1-3H3. The fraction of sp³-hybridized carbons (Fsp3) is 0.941. The van der Waals surface area contributed by atoms with Crippen LogP contribution < -0.4 is 0 Å². The largest absolute Gasteiger partial charge is 0.379 e. The highest BCUT2D eigenvalue weighted by Crippen LogP contribution is 1.98. The monoisotopic (exact) mass is 334 g/mol. The Balaban J connectivity index is 3.01. The predicted octanol–water partition coefficient (Wildman–Crippen LogP) is 2.09. The van der Waals surface area contributed by atoms with Crippen molar-refractivity contribution in [2.24, 2.45) is 5.92 Å². The Kier molecular flexibility index (Phi) is 17.4. The van der Waals surface area contributed by atoms with Crippen LogP contribution in [0.25, 0.3) is 0 Å². The Morgan fingerprint density at radius 1 is 0.696 bits per heavy atom. The van der Waals surface area contributed by atoms with E-state index in [0.29, 0.717) is 65.2 Å². The van der Waals surface area contributed by atoms with Crippen LogP contribution in [0.2, 0.25) is 0 Å². The van der Waals surface area contributed by atoms with E-state index in [1.165, 1.54) is 0 Å². The first-order chi connectivity index (χ1) is 11.2. The van der Waals surface area contributed by atoms with Gasteiger partial charge in [0.1, 0.15) is 6.61 Å². The molecule has 0 N–H and O–H groups in total. The Bertz CT molecular complexity index is 257. The Morgan fingerprint density at radius 2 is 1.09 bits per heavy atom. The van der Waals surface area contributed by atoms with Gasteiger partial charge in [-0.3, -0.25) is 4.79 Å². The van der Waals surface area contributed by atoms with Crippen LogP contribution in [-0.2, 0) is 28.5 Å². The molecule has 0 heterocycles. The molecule has 0 saturated carbocycles. The summed E-state index contributed by atoms with van der Waals surface area (Å²) in [6.07, 6.45) is 1.60. The molecule has 0 radical (unpaired) electrons. The zero-order valence-corrected chi connectivity index (χ0v) is 15.0. The fourth-order valence-electron chi connectivity index (χ4n) is 1.49. The Labute approximate surface area is 140 Å². The van der Waals surface area contributed by atoms with Gasteiger partial charge in [0.05, 0.1) is 52.9 Å². The molecule has 0 unspecified atom stereocenters. The molecule has 0 aliphatic heterocycles. The van der Waals surface area contributed by atoms with Gasteiger partial charge in [-0.25, -0.2) is 0 Å². The second kappa shape index (κ2) is 17.8. The minimum absolute atomic E-state index is 0.110. The topological polar surface area (TPSA) is 63.2 Å². The summed E-state index contributed by atoms with van der Waals surface area (Å²) in [6, 6.07) is 0. The zero-order chi connectivity index (χ0) is 17.2. The van der Waals surface area contributed by atoms with Gasteiger partial charge in [0, 0.05) is 13.0 Å². The van der Waals surface area contributed by atoms with Crippen LogP contribution in [0.4, 0.5) is 0 Å². The number of carbonyl (C=O) groups excluding carboxylic acids is 1. The minimum Gasteiger partial charge on any atom is -0.379 e. The van der Waals surface area contributed by atoms with Gasteiger partial charge in [-0.1, -0.05) is 20.8 Å². The average molecular weight is 334 g/mol. The van der Waals surface area contributed by atoms with Crippen molar-refractivity contribution >= 4 is 5.78 Å². The molecule has 0 aromatic rings. The third-order valence-corrected chi connectivity index (χ3v) is 2.98. The van der Waals surface area contributed by atoms with Crippen LogP contribution in [0.5, 0.6) is 0 Å². The summed E-state index contributed by atoms with van der Waals surface area (Å²) in [5, 5.41) is 0. The maximum absolute atomic E-state index is 11.0. The first kappa shape index (κ1) is 22.5. The molecule has 6 heteroatoms. The molecule has 0 saturated heterocycles. The van der Waals surface area contributed by atoms with E-state index in [9.17, 15) is 4.79 Å². The second-order valence-corrected chi connectivity index (χ2v) is 5.58. The van der Waals surface area contributed by atoms with E-state index in [1.54, 1.807) is 0 Å². The van der Waals surface area contributed by atoms with Crippen LogP contribution >= 0.6 is 0 Å². The molecule has 0 aromatic heterocycles. The lowest BCUT2D eigenvalue weighted by molar-refractivity contribution is -0.123. The third kappa shape index (κ3) is 19.4. The molecule has 0 aromatic carbocycles. The van der Waals surface area contributed by atoms with E-state index in [-0.39, 0.29) is 12.4 Å². The van der Waals surface area contributed by atoms with Gasteiger partial charge >= 0.3 is 0 Å². The van der Waals surface area contributed by atoms with Gasteiger partial charge in [-0.05, 0) is 12.3 Å². The smallest absolute Gasteiger partial charge is 0.158 e. The summed E-state index contributed by atoms with van der Waals surface area (Å²) in [6.45, 7) is 11.5.